The number of carbonyl (C=O) groups is 2. The molecule has 6 heteroatoms. The van der Waals surface area contributed by atoms with Crippen LogP contribution in [-0.4, -0.2) is 49.5 Å². The van der Waals surface area contributed by atoms with Crippen LogP contribution in [0.25, 0.3) is 0 Å². The van der Waals surface area contributed by atoms with Gasteiger partial charge >= 0.3 is 0 Å². The standard InChI is InChI=1S/C17H23N3O3/c1-23-15-4-2-12(3-5-15)10-20-11-13(8-16(20)21)17(22)19-14-6-7-18-9-14/h2-5,13-14,18H,6-11H2,1H3,(H,19,22). The quantitative estimate of drug-likeness (QED) is 0.831. The molecule has 2 aliphatic rings. The van der Waals surface area contributed by atoms with Gasteiger partial charge in [0.25, 0.3) is 0 Å². The maximum Gasteiger partial charge on any atom is 0.225 e. The van der Waals surface area contributed by atoms with E-state index in [0.29, 0.717) is 19.5 Å². The van der Waals surface area contributed by atoms with Gasteiger partial charge in [-0.1, -0.05) is 12.1 Å². The van der Waals surface area contributed by atoms with Crippen molar-refractivity contribution in [2.45, 2.75) is 25.4 Å². The molecular weight excluding hydrogens is 294 g/mol. The van der Waals surface area contributed by atoms with Crippen molar-refractivity contribution in [3.05, 3.63) is 29.8 Å². The summed E-state index contributed by atoms with van der Waals surface area (Å²) in [6.07, 6.45) is 1.27. The Balaban J connectivity index is 1.54. The minimum atomic E-state index is -0.235. The fraction of sp³-hybridized carbons (Fsp3) is 0.529. The van der Waals surface area contributed by atoms with Crippen molar-refractivity contribution in [2.75, 3.05) is 26.7 Å². The van der Waals surface area contributed by atoms with Crippen LogP contribution in [0.3, 0.4) is 0 Å². The van der Waals surface area contributed by atoms with Crippen molar-refractivity contribution in [1.82, 2.24) is 15.5 Å². The van der Waals surface area contributed by atoms with E-state index < -0.39 is 0 Å². The zero-order valence-electron chi connectivity index (χ0n) is 13.4. The van der Waals surface area contributed by atoms with E-state index in [2.05, 4.69) is 10.6 Å². The number of ether oxygens (including phenoxy) is 1. The predicted octanol–water partition coefficient (Wildman–Crippen LogP) is 0.522. The summed E-state index contributed by atoms with van der Waals surface area (Å²) < 4.78 is 5.13. The second-order valence-electron chi connectivity index (χ2n) is 6.22. The fourth-order valence-electron chi connectivity index (χ4n) is 3.15. The molecular formula is C17H23N3O3. The Hall–Kier alpha value is -2.08. The number of rotatable bonds is 5. The molecule has 0 saturated carbocycles. The molecule has 2 N–H and O–H groups in total. The summed E-state index contributed by atoms with van der Waals surface area (Å²) in [6.45, 7) is 2.80. The number of benzene rings is 1. The number of amides is 2. The van der Waals surface area contributed by atoms with Crippen molar-refractivity contribution in [3.8, 4) is 5.75 Å². The monoisotopic (exact) mass is 317 g/mol. The van der Waals surface area contributed by atoms with Gasteiger partial charge in [0.15, 0.2) is 0 Å². The largest absolute Gasteiger partial charge is 0.497 e. The van der Waals surface area contributed by atoms with E-state index in [1.165, 1.54) is 0 Å². The topological polar surface area (TPSA) is 70.7 Å². The van der Waals surface area contributed by atoms with Crippen LogP contribution in [0.2, 0.25) is 0 Å². The lowest BCUT2D eigenvalue weighted by molar-refractivity contribution is -0.129. The molecule has 1 aromatic rings. The molecule has 3 rings (SSSR count). The van der Waals surface area contributed by atoms with Crippen molar-refractivity contribution >= 4 is 11.8 Å². The van der Waals surface area contributed by atoms with Gasteiger partial charge in [-0.3, -0.25) is 9.59 Å². The number of carbonyl (C=O) groups excluding carboxylic acids is 2. The highest BCUT2D eigenvalue weighted by Gasteiger charge is 2.35. The highest BCUT2D eigenvalue weighted by molar-refractivity contribution is 5.89. The zero-order valence-corrected chi connectivity index (χ0v) is 13.4. The second kappa shape index (κ2) is 7.00. The van der Waals surface area contributed by atoms with E-state index in [9.17, 15) is 9.59 Å². The Bertz CT molecular complexity index is 567. The SMILES string of the molecule is COc1ccc(CN2CC(C(=O)NC3CCNC3)CC2=O)cc1. The van der Waals surface area contributed by atoms with Gasteiger partial charge in [0.05, 0.1) is 13.0 Å². The van der Waals surface area contributed by atoms with Crippen LogP contribution in [-0.2, 0) is 16.1 Å². The van der Waals surface area contributed by atoms with Crippen LogP contribution in [0.5, 0.6) is 5.75 Å². The molecule has 0 bridgehead atoms. The Kier molecular flexibility index (Phi) is 4.81. The maximum atomic E-state index is 12.3. The first-order chi connectivity index (χ1) is 11.2. The van der Waals surface area contributed by atoms with Gasteiger partial charge in [0.2, 0.25) is 11.8 Å². The molecule has 0 spiro atoms. The maximum absolute atomic E-state index is 12.3. The lowest BCUT2D eigenvalue weighted by Gasteiger charge is -2.18. The molecule has 2 amide bonds. The van der Waals surface area contributed by atoms with Crippen molar-refractivity contribution in [2.24, 2.45) is 5.92 Å². The van der Waals surface area contributed by atoms with E-state index in [1.807, 2.05) is 24.3 Å². The molecule has 23 heavy (non-hydrogen) atoms. The molecule has 2 heterocycles. The molecule has 2 saturated heterocycles. The van der Waals surface area contributed by atoms with E-state index >= 15 is 0 Å². The summed E-state index contributed by atoms with van der Waals surface area (Å²) in [5.74, 6) is 0.611. The van der Waals surface area contributed by atoms with Crippen LogP contribution in [0, 0.1) is 5.92 Å². The Labute approximate surface area is 136 Å². The van der Waals surface area contributed by atoms with E-state index in [-0.39, 0.29) is 23.8 Å². The van der Waals surface area contributed by atoms with Gasteiger partial charge in [-0.15, -0.1) is 0 Å². The third kappa shape index (κ3) is 3.82. The van der Waals surface area contributed by atoms with E-state index in [0.717, 1.165) is 30.8 Å². The molecule has 124 valence electrons. The average molecular weight is 317 g/mol. The van der Waals surface area contributed by atoms with E-state index in [1.54, 1.807) is 12.0 Å². The first-order valence-corrected chi connectivity index (χ1v) is 8.07. The van der Waals surface area contributed by atoms with Gasteiger partial charge < -0.3 is 20.3 Å². The fourth-order valence-corrected chi connectivity index (χ4v) is 3.15. The normalized spacial score (nSPS) is 24.0. The average Bonchev–Trinajstić information content (AvgIpc) is 3.18. The van der Waals surface area contributed by atoms with Crippen molar-refractivity contribution in [3.63, 3.8) is 0 Å². The minimum absolute atomic E-state index is 0.00396. The summed E-state index contributed by atoms with van der Waals surface area (Å²) in [7, 11) is 1.63. The molecule has 1 aromatic carbocycles. The predicted molar refractivity (Wildman–Crippen MR) is 85.9 cm³/mol. The highest BCUT2D eigenvalue weighted by atomic mass is 16.5. The van der Waals surface area contributed by atoms with Gasteiger partial charge in [-0.25, -0.2) is 0 Å². The lowest BCUT2D eigenvalue weighted by Crippen LogP contribution is -2.40. The van der Waals surface area contributed by atoms with Gasteiger partial charge in [-0.2, -0.15) is 0 Å². The Morgan fingerprint density at radius 3 is 2.83 bits per heavy atom. The molecule has 6 nitrogen and oxygen atoms in total. The smallest absolute Gasteiger partial charge is 0.225 e. The summed E-state index contributed by atoms with van der Waals surface area (Å²) in [6, 6.07) is 7.86. The number of likely N-dealkylation sites (tertiary alicyclic amines) is 1. The zero-order chi connectivity index (χ0) is 16.2. The summed E-state index contributed by atoms with van der Waals surface area (Å²) in [5, 5.41) is 6.27. The third-order valence-corrected chi connectivity index (χ3v) is 4.52. The second-order valence-corrected chi connectivity index (χ2v) is 6.22. The van der Waals surface area contributed by atoms with Crippen LogP contribution in [0.4, 0.5) is 0 Å². The number of nitrogens with one attached hydrogen (secondary N) is 2. The van der Waals surface area contributed by atoms with Crippen LogP contribution in [0.1, 0.15) is 18.4 Å². The van der Waals surface area contributed by atoms with E-state index in [4.69, 9.17) is 4.74 Å². The minimum Gasteiger partial charge on any atom is -0.497 e. The Morgan fingerprint density at radius 1 is 1.39 bits per heavy atom. The van der Waals surface area contributed by atoms with Crippen molar-refractivity contribution < 1.29 is 14.3 Å². The first kappa shape index (κ1) is 15.8. The van der Waals surface area contributed by atoms with Crippen molar-refractivity contribution in [1.29, 1.82) is 0 Å². The lowest BCUT2D eigenvalue weighted by atomic mass is 10.1. The molecule has 2 fully saturated rings. The van der Waals surface area contributed by atoms with Crippen LogP contribution in [0.15, 0.2) is 24.3 Å². The summed E-state index contributed by atoms with van der Waals surface area (Å²) in [5.41, 5.74) is 1.04. The van der Waals surface area contributed by atoms with Gasteiger partial charge in [0.1, 0.15) is 5.75 Å². The summed E-state index contributed by atoms with van der Waals surface area (Å²) in [4.78, 5) is 26.2. The number of hydrogen-bond donors (Lipinski definition) is 2. The Morgan fingerprint density at radius 2 is 2.17 bits per heavy atom. The number of hydrogen-bond acceptors (Lipinski definition) is 4. The number of methoxy groups -OCH3 is 1. The molecule has 2 aliphatic heterocycles. The molecule has 0 radical (unpaired) electrons. The first-order valence-electron chi connectivity index (χ1n) is 8.07. The molecule has 2 unspecified atom stereocenters. The molecule has 2 atom stereocenters. The number of nitrogens with zero attached hydrogens (tertiary/aromatic N) is 1. The van der Waals surface area contributed by atoms with Crippen LogP contribution < -0.4 is 15.4 Å². The highest BCUT2D eigenvalue weighted by Crippen LogP contribution is 2.21. The molecule has 0 aliphatic carbocycles. The molecule has 0 aromatic heterocycles. The van der Waals surface area contributed by atoms with Gasteiger partial charge in [0, 0.05) is 32.1 Å². The summed E-state index contributed by atoms with van der Waals surface area (Å²) >= 11 is 0. The van der Waals surface area contributed by atoms with Crippen LogP contribution >= 0.6 is 0 Å². The third-order valence-electron chi connectivity index (χ3n) is 4.52. The van der Waals surface area contributed by atoms with Gasteiger partial charge in [-0.05, 0) is 30.7 Å².